The molecule has 0 saturated carbocycles. The maximum atomic E-state index is 13.6. The maximum absolute atomic E-state index is 13.6. The fraction of sp³-hybridized carbons (Fsp3) is 0.667. The van der Waals surface area contributed by atoms with Crippen LogP contribution in [0.3, 0.4) is 0 Å². The average Bonchev–Trinajstić information content (AvgIpc) is 2.86. The number of hydrogen-bond acceptors (Lipinski definition) is 7. The van der Waals surface area contributed by atoms with Crippen LogP contribution in [0, 0.1) is 13.8 Å². The monoisotopic (exact) mass is 565 g/mol. The molecule has 10 nitrogen and oxygen atoms in total. The molecule has 2 aliphatic rings. The number of carboxylic acids is 1. The van der Waals surface area contributed by atoms with Crippen molar-refractivity contribution in [3.05, 3.63) is 29.3 Å². The lowest BCUT2D eigenvalue weighted by Crippen LogP contribution is -2.49. The first-order chi connectivity index (χ1) is 17.7. The number of aryl methyl sites for hydroxylation is 2. The Balaban J connectivity index is 0.000000638. The average molecular weight is 566 g/mol. The second-order valence-electron chi connectivity index (χ2n) is 9.50. The van der Waals surface area contributed by atoms with Gasteiger partial charge in [-0.25, -0.2) is 13.2 Å². The lowest BCUT2D eigenvalue weighted by molar-refractivity contribution is -0.192. The van der Waals surface area contributed by atoms with Gasteiger partial charge in [0.15, 0.2) is 0 Å². The third-order valence-corrected chi connectivity index (χ3v) is 8.55. The highest BCUT2D eigenvalue weighted by molar-refractivity contribution is 7.89. The Morgan fingerprint density at radius 3 is 2.16 bits per heavy atom. The van der Waals surface area contributed by atoms with Gasteiger partial charge in [-0.2, -0.15) is 17.5 Å². The number of alkyl halides is 3. The zero-order valence-electron chi connectivity index (χ0n) is 22.1. The van der Waals surface area contributed by atoms with Gasteiger partial charge in [-0.3, -0.25) is 9.69 Å². The van der Waals surface area contributed by atoms with Gasteiger partial charge in [-0.05, 0) is 38.1 Å². The number of nitrogens with zero attached hydrogens (tertiary/aromatic N) is 4. The van der Waals surface area contributed by atoms with Gasteiger partial charge < -0.3 is 20.2 Å². The molecule has 2 N–H and O–H groups in total. The number of piperazine rings is 2. The third-order valence-electron chi connectivity index (χ3n) is 6.51. The molecule has 2 aliphatic heterocycles. The number of hydrogen-bond donors (Lipinski definition) is 2. The number of sulfonamides is 1. The van der Waals surface area contributed by atoms with Crippen molar-refractivity contribution in [3.8, 4) is 0 Å². The van der Waals surface area contributed by atoms with Crippen LogP contribution in [0.5, 0.6) is 0 Å². The standard InChI is InChI=1S/C22H37N5O3S.C2HF3O2/c1-19-4-5-20(2)21(18-19)31(29,30)27(17-16-25-14-12-24(3)13-15-25)9-6-22(28)26-10-7-23-8-11-26;3-2(4,5)1(6)7/h4-5,18,23H,6-17H2,1-3H3;(H,6,7). The summed E-state index contributed by atoms with van der Waals surface area (Å²) in [6.07, 6.45) is -4.87. The summed E-state index contributed by atoms with van der Waals surface area (Å²) in [7, 11) is -1.57. The Morgan fingerprint density at radius 1 is 1.03 bits per heavy atom. The molecule has 2 heterocycles. The van der Waals surface area contributed by atoms with Gasteiger partial charge in [0, 0.05) is 78.4 Å². The summed E-state index contributed by atoms with van der Waals surface area (Å²) >= 11 is 0. The summed E-state index contributed by atoms with van der Waals surface area (Å²) in [6, 6.07) is 5.52. The van der Waals surface area contributed by atoms with E-state index in [9.17, 15) is 26.4 Å². The molecule has 1 aromatic rings. The number of carbonyl (C=O) groups is 2. The lowest BCUT2D eigenvalue weighted by atomic mass is 10.2. The Morgan fingerprint density at radius 2 is 1.61 bits per heavy atom. The predicted molar refractivity (Wildman–Crippen MR) is 136 cm³/mol. The van der Waals surface area contributed by atoms with E-state index >= 15 is 0 Å². The molecule has 0 aliphatic carbocycles. The van der Waals surface area contributed by atoms with Crippen molar-refractivity contribution in [1.82, 2.24) is 24.3 Å². The van der Waals surface area contributed by atoms with E-state index in [-0.39, 0.29) is 18.9 Å². The van der Waals surface area contributed by atoms with Crippen molar-refractivity contribution >= 4 is 21.9 Å². The second-order valence-corrected chi connectivity index (χ2v) is 11.4. The molecule has 0 spiro atoms. The molecule has 2 fully saturated rings. The Labute approximate surface area is 222 Å². The van der Waals surface area contributed by atoms with Crippen LogP contribution >= 0.6 is 0 Å². The van der Waals surface area contributed by atoms with Gasteiger partial charge >= 0.3 is 12.1 Å². The molecular weight excluding hydrogens is 527 g/mol. The molecule has 38 heavy (non-hydrogen) atoms. The van der Waals surface area contributed by atoms with Crippen molar-refractivity contribution in [2.24, 2.45) is 0 Å². The Kier molecular flexibility index (Phi) is 12.0. The fourth-order valence-electron chi connectivity index (χ4n) is 4.09. The number of nitrogens with one attached hydrogen (secondary N) is 1. The van der Waals surface area contributed by atoms with Crippen LogP contribution in [-0.4, -0.2) is 130 Å². The topological polar surface area (TPSA) is 113 Å². The Bertz CT molecular complexity index is 1040. The molecule has 0 unspecified atom stereocenters. The summed E-state index contributed by atoms with van der Waals surface area (Å²) in [5.74, 6) is -2.73. The van der Waals surface area contributed by atoms with Gasteiger partial charge in [0.25, 0.3) is 0 Å². The molecular formula is C24H38F3N5O5S. The van der Waals surface area contributed by atoms with Crippen LogP contribution in [0.4, 0.5) is 13.2 Å². The van der Waals surface area contributed by atoms with Crippen molar-refractivity contribution < 1.29 is 36.3 Å². The number of halogens is 3. The van der Waals surface area contributed by atoms with E-state index in [4.69, 9.17) is 9.90 Å². The quantitative estimate of drug-likeness (QED) is 0.480. The summed E-state index contributed by atoms with van der Waals surface area (Å²) in [4.78, 5) is 28.4. The predicted octanol–water partition coefficient (Wildman–Crippen LogP) is 0.997. The second kappa shape index (κ2) is 14.2. The first-order valence-corrected chi connectivity index (χ1v) is 13.9. The van der Waals surface area contributed by atoms with E-state index in [1.54, 1.807) is 6.07 Å². The summed E-state index contributed by atoms with van der Waals surface area (Å²) in [6.45, 7) is 11.8. The largest absolute Gasteiger partial charge is 0.490 e. The van der Waals surface area contributed by atoms with Crippen molar-refractivity contribution in [2.75, 3.05) is 79.0 Å². The van der Waals surface area contributed by atoms with Crippen LogP contribution in [0.2, 0.25) is 0 Å². The van der Waals surface area contributed by atoms with Gasteiger partial charge in [-0.15, -0.1) is 0 Å². The van der Waals surface area contributed by atoms with Gasteiger partial charge in [0.05, 0.1) is 4.90 Å². The van der Waals surface area contributed by atoms with Crippen LogP contribution in [-0.2, 0) is 19.6 Å². The van der Waals surface area contributed by atoms with E-state index in [1.165, 1.54) is 4.31 Å². The number of amides is 1. The van der Waals surface area contributed by atoms with Crippen LogP contribution < -0.4 is 5.32 Å². The molecule has 0 atom stereocenters. The third kappa shape index (κ3) is 9.80. The zero-order chi connectivity index (χ0) is 28.5. The highest BCUT2D eigenvalue weighted by Gasteiger charge is 2.38. The molecule has 0 radical (unpaired) electrons. The van der Waals surface area contributed by atoms with Crippen LogP contribution in [0.1, 0.15) is 17.5 Å². The lowest BCUT2D eigenvalue weighted by Gasteiger charge is -2.34. The normalized spacial score (nSPS) is 17.7. The first kappa shape index (κ1) is 32.0. The smallest absolute Gasteiger partial charge is 0.475 e. The number of aliphatic carboxylic acids is 1. The SMILES string of the molecule is Cc1ccc(C)c(S(=O)(=O)N(CCC(=O)N2CCNCC2)CCN2CCN(C)CC2)c1.O=C(O)C(F)(F)F. The molecule has 1 amide bonds. The summed E-state index contributed by atoms with van der Waals surface area (Å²) in [5, 5.41) is 10.4. The highest BCUT2D eigenvalue weighted by Crippen LogP contribution is 2.22. The first-order valence-electron chi connectivity index (χ1n) is 12.5. The minimum absolute atomic E-state index is 0.0299. The molecule has 3 rings (SSSR count). The van der Waals surface area contributed by atoms with Gasteiger partial charge in [0.1, 0.15) is 0 Å². The fourth-order valence-corrected chi connectivity index (χ4v) is 5.84. The highest BCUT2D eigenvalue weighted by atomic mass is 32.2. The molecule has 2 saturated heterocycles. The van der Waals surface area contributed by atoms with Crippen molar-refractivity contribution in [1.29, 1.82) is 0 Å². The number of carboxylic acid groups (broad SMARTS) is 1. The number of carbonyl (C=O) groups excluding carboxylic acids is 1. The molecule has 0 bridgehead atoms. The summed E-state index contributed by atoms with van der Waals surface area (Å²) in [5.41, 5.74) is 1.66. The molecule has 14 heteroatoms. The zero-order valence-corrected chi connectivity index (χ0v) is 22.9. The minimum Gasteiger partial charge on any atom is -0.475 e. The van der Waals surface area contributed by atoms with Crippen molar-refractivity contribution in [3.63, 3.8) is 0 Å². The minimum atomic E-state index is -5.08. The van der Waals surface area contributed by atoms with E-state index in [1.807, 2.05) is 30.9 Å². The van der Waals surface area contributed by atoms with Gasteiger partial charge in [0.2, 0.25) is 15.9 Å². The van der Waals surface area contributed by atoms with Gasteiger partial charge in [-0.1, -0.05) is 12.1 Å². The van der Waals surface area contributed by atoms with Crippen LogP contribution in [0.15, 0.2) is 23.1 Å². The number of likely N-dealkylation sites (N-methyl/N-ethyl adjacent to an activating group) is 1. The van der Waals surface area contributed by atoms with E-state index in [2.05, 4.69) is 22.2 Å². The molecule has 216 valence electrons. The van der Waals surface area contributed by atoms with E-state index < -0.39 is 22.2 Å². The van der Waals surface area contributed by atoms with E-state index in [0.29, 0.717) is 31.1 Å². The van der Waals surface area contributed by atoms with Crippen molar-refractivity contribution in [2.45, 2.75) is 31.3 Å². The maximum Gasteiger partial charge on any atom is 0.490 e. The number of rotatable bonds is 8. The molecule has 0 aromatic heterocycles. The van der Waals surface area contributed by atoms with E-state index in [0.717, 1.165) is 50.4 Å². The Hall–Kier alpha value is -2.26. The molecule has 1 aromatic carbocycles. The number of benzene rings is 1. The summed E-state index contributed by atoms with van der Waals surface area (Å²) < 4.78 is 60.4. The van der Waals surface area contributed by atoms with Crippen LogP contribution in [0.25, 0.3) is 0 Å².